The number of carbonyl (C=O) groups is 1. The van der Waals surface area contributed by atoms with E-state index in [-0.39, 0.29) is 16.6 Å². The number of benzene rings is 2. The van der Waals surface area contributed by atoms with Crippen molar-refractivity contribution < 1.29 is 17.6 Å². The lowest BCUT2D eigenvalue weighted by molar-refractivity contribution is -0.132. The van der Waals surface area contributed by atoms with Gasteiger partial charge >= 0.3 is 0 Å². The molecule has 9 heteroatoms. The van der Waals surface area contributed by atoms with Crippen LogP contribution in [0, 0.1) is 5.82 Å². The average Bonchev–Trinajstić information content (AvgIpc) is 2.94. The van der Waals surface area contributed by atoms with Crippen molar-refractivity contribution in [2.45, 2.75) is 30.8 Å². The minimum atomic E-state index is -3.82. The summed E-state index contributed by atoms with van der Waals surface area (Å²) >= 11 is 5.81. The summed E-state index contributed by atoms with van der Waals surface area (Å²) in [7, 11) is -3.82. The van der Waals surface area contributed by atoms with Crippen molar-refractivity contribution >= 4 is 27.5 Å². The Morgan fingerprint density at radius 2 is 1.73 bits per heavy atom. The molecule has 0 radical (unpaired) electrons. The Balaban J connectivity index is 1.57. The van der Waals surface area contributed by atoms with Crippen LogP contribution in [0.4, 0.5) is 4.39 Å². The third-order valence-corrected chi connectivity index (χ3v) is 6.85. The van der Waals surface area contributed by atoms with Crippen LogP contribution < -0.4 is 4.72 Å². The van der Waals surface area contributed by atoms with E-state index in [9.17, 15) is 17.6 Å². The third kappa shape index (κ3) is 6.01. The molecule has 6 nitrogen and oxygen atoms in total. The van der Waals surface area contributed by atoms with Gasteiger partial charge in [-0.25, -0.2) is 12.8 Å². The first kappa shape index (κ1) is 22.7. The second kappa shape index (κ2) is 9.87. The van der Waals surface area contributed by atoms with Crippen molar-refractivity contribution in [3.63, 3.8) is 0 Å². The van der Waals surface area contributed by atoms with Crippen LogP contribution >= 0.6 is 11.6 Å². The van der Waals surface area contributed by atoms with Crippen LogP contribution in [-0.4, -0.2) is 56.3 Å². The van der Waals surface area contributed by atoms with E-state index in [1.54, 1.807) is 24.0 Å². The zero-order chi connectivity index (χ0) is 21.7. The minimum absolute atomic E-state index is 0.0629. The predicted molar refractivity (Wildman–Crippen MR) is 114 cm³/mol. The molecule has 1 saturated heterocycles. The summed E-state index contributed by atoms with van der Waals surface area (Å²) in [6, 6.07) is 11.3. The van der Waals surface area contributed by atoms with Crippen LogP contribution in [0.5, 0.6) is 0 Å². The van der Waals surface area contributed by atoms with E-state index in [4.69, 9.17) is 11.6 Å². The Morgan fingerprint density at radius 1 is 1.07 bits per heavy atom. The van der Waals surface area contributed by atoms with Gasteiger partial charge in [0.2, 0.25) is 15.9 Å². The highest BCUT2D eigenvalue weighted by atomic mass is 35.5. The molecular weight excluding hydrogens is 429 g/mol. The molecule has 1 aliphatic rings. The highest BCUT2D eigenvalue weighted by Crippen LogP contribution is 2.15. The van der Waals surface area contributed by atoms with E-state index in [0.29, 0.717) is 31.2 Å². The zero-order valence-electron chi connectivity index (χ0n) is 16.7. The number of amides is 1. The van der Waals surface area contributed by atoms with Crippen LogP contribution in [0.15, 0.2) is 53.4 Å². The molecule has 1 atom stereocenters. The smallest absolute Gasteiger partial charge is 0.241 e. The number of rotatable bonds is 6. The standard InChI is InChI=1S/C21H25ClFN3O3S/c1-16(24-30(28,29)20-9-5-18(22)6-10-20)21(27)26-12-2-11-25(13-14-26)15-17-3-7-19(23)8-4-17/h3-10,16,24H,2,11-15H2,1H3/t16-/m0/s1. The fraction of sp³-hybridized carbons (Fsp3) is 0.381. The van der Waals surface area contributed by atoms with Crippen LogP contribution in [-0.2, 0) is 21.4 Å². The maximum atomic E-state index is 13.1. The maximum Gasteiger partial charge on any atom is 0.241 e. The average molecular weight is 454 g/mol. The number of hydrogen-bond acceptors (Lipinski definition) is 4. The third-order valence-electron chi connectivity index (χ3n) is 5.05. The number of nitrogens with one attached hydrogen (secondary N) is 1. The van der Waals surface area contributed by atoms with Gasteiger partial charge in [0.25, 0.3) is 0 Å². The number of nitrogens with zero attached hydrogens (tertiary/aromatic N) is 2. The summed E-state index contributed by atoms with van der Waals surface area (Å²) in [4.78, 5) is 16.8. The van der Waals surface area contributed by atoms with Gasteiger partial charge in [0.05, 0.1) is 10.9 Å². The molecule has 0 spiro atoms. The van der Waals surface area contributed by atoms with Crippen molar-refractivity contribution in [3.8, 4) is 0 Å². The van der Waals surface area contributed by atoms with Gasteiger partial charge in [0.1, 0.15) is 5.82 Å². The van der Waals surface area contributed by atoms with Crippen molar-refractivity contribution in [2.75, 3.05) is 26.2 Å². The second-order valence-electron chi connectivity index (χ2n) is 7.38. The molecule has 1 aliphatic heterocycles. The molecular formula is C21H25ClFN3O3S. The molecule has 2 aromatic carbocycles. The van der Waals surface area contributed by atoms with Gasteiger partial charge in [-0.15, -0.1) is 0 Å². The first-order valence-electron chi connectivity index (χ1n) is 9.78. The molecule has 3 rings (SSSR count). The van der Waals surface area contributed by atoms with E-state index >= 15 is 0 Å². The van der Waals surface area contributed by atoms with Crippen molar-refractivity contribution in [3.05, 3.63) is 64.9 Å². The van der Waals surface area contributed by atoms with Gasteiger partial charge in [-0.3, -0.25) is 9.69 Å². The summed E-state index contributed by atoms with van der Waals surface area (Å²) in [5.74, 6) is -0.516. The molecule has 0 unspecified atom stereocenters. The van der Waals surface area contributed by atoms with Crippen LogP contribution in [0.1, 0.15) is 18.9 Å². The Bertz CT molecular complexity index is 968. The van der Waals surface area contributed by atoms with Gasteiger partial charge in [-0.1, -0.05) is 23.7 Å². The van der Waals surface area contributed by atoms with Crippen LogP contribution in [0.25, 0.3) is 0 Å². The number of halogens is 2. The quantitative estimate of drug-likeness (QED) is 0.730. The highest BCUT2D eigenvalue weighted by Gasteiger charge is 2.27. The van der Waals surface area contributed by atoms with E-state index in [1.165, 1.54) is 36.4 Å². The largest absolute Gasteiger partial charge is 0.340 e. The molecule has 0 aromatic heterocycles. The topological polar surface area (TPSA) is 69.7 Å². The molecule has 1 amide bonds. The lowest BCUT2D eigenvalue weighted by Crippen LogP contribution is -2.47. The van der Waals surface area contributed by atoms with E-state index in [1.807, 2.05) is 0 Å². The van der Waals surface area contributed by atoms with Gasteiger partial charge in [-0.2, -0.15) is 4.72 Å². The first-order chi connectivity index (χ1) is 14.2. The van der Waals surface area contributed by atoms with Gasteiger partial charge < -0.3 is 4.90 Å². The van der Waals surface area contributed by atoms with Crippen molar-refractivity contribution in [1.29, 1.82) is 0 Å². The highest BCUT2D eigenvalue weighted by molar-refractivity contribution is 7.89. The van der Waals surface area contributed by atoms with Gasteiger partial charge in [-0.05, 0) is 55.3 Å². The predicted octanol–water partition coefficient (Wildman–Crippen LogP) is 2.88. The monoisotopic (exact) mass is 453 g/mol. The zero-order valence-corrected chi connectivity index (χ0v) is 18.3. The molecule has 1 N–H and O–H groups in total. The van der Waals surface area contributed by atoms with E-state index in [0.717, 1.165) is 18.5 Å². The van der Waals surface area contributed by atoms with E-state index < -0.39 is 16.1 Å². The number of sulfonamides is 1. The normalized spacial score (nSPS) is 16.8. The van der Waals surface area contributed by atoms with Gasteiger partial charge in [0, 0.05) is 37.7 Å². The molecule has 0 bridgehead atoms. The van der Waals surface area contributed by atoms with Crippen LogP contribution in [0.3, 0.4) is 0 Å². The summed E-state index contributed by atoms with van der Waals surface area (Å²) in [5.41, 5.74) is 1.01. The molecule has 162 valence electrons. The summed E-state index contributed by atoms with van der Waals surface area (Å²) in [6.45, 7) is 4.78. The maximum absolute atomic E-state index is 13.1. The Hall–Kier alpha value is -2.00. The second-order valence-corrected chi connectivity index (χ2v) is 9.53. The first-order valence-corrected chi connectivity index (χ1v) is 11.6. The Morgan fingerprint density at radius 3 is 2.40 bits per heavy atom. The SMILES string of the molecule is C[C@H](NS(=O)(=O)c1ccc(Cl)cc1)C(=O)N1CCCN(Cc2ccc(F)cc2)CC1. The Kier molecular flexibility index (Phi) is 7.46. The number of hydrogen-bond donors (Lipinski definition) is 1. The molecule has 2 aromatic rings. The molecule has 0 saturated carbocycles. The van der Waals surface area contributed by atoms with Crippen molar-refractivity contribution in [2.24, 2.45) is 0 Å². The molecule has 30 heavy (non-hydrogen) atoms. The van der Waals surface area contributed by atoms with Crippen molar-refractivity contribution in [1.82, 2.24) is 14.5 Å². The lowest BCUT2D eigenvalue weighted by Gasteiger charge is -2.25. The van der Waals surface area contributed by atoms with E-state index in [2.05, 4.69) is 9.62 Å². The number of carbonyl (C=O) groups excluding carboxylic acids is 1. The van der Waals surface area contributed by atoms with Gasteiger partial charge in [0.15, 0.2) is 0 Å². The fourth-order valence-corrected chi connectivity index (χ4v) is 4.76. The lowest BCUT2D eigenvalue weighted by atomic mass is 10.2. The Labute approximate surface area is 181 Å². The summed E-state index contributed by atoms with van der Waals surface area (Å²) in [5, 5.41) is 0.438. The molecule has 1 fully saturated rings. The van der Waals surface area contributed by atoms with Crippen LogP contribution in [0.2, 0.25) is 5.02 Å². The molecule has 1 heterocycles. The summed E-state index contributed by atoms with van der Waals surface area (Å²) < 4.78 is 40.6. The fourth-order valence-electron chi connectivity index (χ4n) is 3.44. The minimum Gasteiger partial charge on any atom is -0.340 e. The molecule has 0 aliphatic carbocycles. The summed E-state index contributed by atoms with van der Waals surface area (Å²) in [6.07, 6.45) is 0.781.